The lowest BCUT2D eigenvalue weighted by molar-refractivity contribution is -0.147. The van der Waals surface area contributed by atoms with Crippen LogP contribution in [-0.2, 0) is 20.9 Å². The Hall–Kier alpha value is -1.88. The first-order valence-electron chi connectivity index (χ1n) is 6.66. The zero-order valence-electron chi connectivity index (χ0n) is 11.7. The third-order valence-corrected chi connectivity index (χ3v) is 2.92. The van der Waals surface area contributed by atoms with Gasteiger partial charge in [-0.1, -0.05) is 30.3 Å². The van der Waals surface area contributed by atoms with Crippen molar-refractivity contribution in [2.24, 2.45) is 0 Å². The Kier molecular flexibility index (Phi) is 7.35. The molecule has 1 rings (SSSR count). The lowest BCUT2D eigenvalue weighted by atomic mass is 10.2. The van der Waals surface area contributed by atoms with Gasteiger partial charge >= 0.3 is 5.97 Å². The molecule has 5 nitrogen and oxygen atoms in total. The second-order valence-electron chi connectivity index (χ2n) is 4.49. The molecule has 0 spiro atoms. The number of hydrogen-bond acceptors (Lipinski definition) is 4. The highest BCUT2D eigenvalue weighted by molar-refractivity contribution is 5.82. The smallest absolute Gasteiger partial charge is 0.325 e. The molecule has 0 unspecified atom stereocenters. The van der Waals surface area contributed by atoms with Gasteiger partial charge in [0.1, 0.15) is 6.54 Å². The molecule has 0 aromatic heterocycles. The van der Waals surface area contributed by atoms with Crippen LogP contribution in [0.4, 0.5) is 0 Å². The fraction of sp³-hybridized carbons (Fsp3) is 0.467. The minimum atomic E-state index is -0.434. The lowest BCUT2D eigenvalue weighted by Crippen LogP contribution is -2.35. The zero-order valence-corrected chi connectivity index (χ0v) is 11.7. The summed E-state index contributed by atoms with van der Waals surface area (Å²) < 4.78 is 4.62. The quantitative estimate of drug-likeness (QED) is 0.576. The summed E-state index contributed by atoms with van der Waals surface area (Å²) in [4.78, 5) is 25.0. The Balaban J connectivity index is 2.64. The maximum Gasteiger partial charge on any atom is 0.325 e. The van der Waals surface area contributed by atoms with Crippen molar-refractivity contribution in [1.82, 2.24) is 4.90 Å². The highest BCUT2D eigenvalue weighted by Gasteiger charge is 2.17. The van der Waals surface area contributed by atoms with Gasteiger partial charge in [0, 0.05) is 19.6 Å². The van der Waals surface area contributed by atoms with E-state index in [4.69, 9.17) is 5.11 Å². The van der Waals surface area contributed by atoms with Crippen LogP contribution in [0.25, 0.3) is 0 Å². The molecule has 1 N–H and O–H groups in total. The van der Waals surface area contributed by atoms with E-state index in [0.717, 1.165) is 5.56 Å². The van der Waals surface area contributed by atoms with E-state index in [1.807, 2.05) is 30.3 Å². The standard InChI is InChI=1S/C15H21NO4/c1-20-15(19)12-16(14(18)9-5-6-10-17)11-13-7-3-2-4-8-13/h2-4,7-8,17H,5-6,9-12H2,1H3. The second-order valence-corrected chi connectivity index (χ2v) is 4.49. The summed E-state index contributed by atoms with van der Waals surface area (Å²) in [5.41, 5.74) is 0.965. The van der Waals surface area contributed by atoms with Crippen LogP contribution >= 0.6 is 0 Å². The molecule has 110 valence electrons. The van der Waals surface area contributed by atoms with Crippen LogP contribution in [0.1, 0.15) is 24.8 Å². The van der Waals surface area contributed by atoms with Gasteiger partial charge in [-0.3, -0.25) is 9.59 Å². The van der Waals surface area contributed by atoms with Gasteiger partial charge in [0.05, 0.1) is 7.11 Å². The number of ether oxygens (including phenoxy) is 1. The number of carbonyl (C=O) groups is 2. The van der Waals surface area contributed by atoms with Crippen LogP contribution in [0.3, 0.4) is 0 Å². The molecule has 1 amide bonds. The number of amides is 1. The van der Waals surface area contributed by atoms with Crippen LogP contribution in [0.5, 0.6) is 0 Å². The Bertz CT molecular complexity index is 419. The number of methoxy groups -OCH3 is 1. The largest absolute Gasteiger partial charge is 0.468 e. The molecular weight excluding hydrogens is 258 g/mol. The third-order valence-electron chi connectivity index (χ3n) is 2.92. The summed E-state index contributed by atoms with van der Waals surface area (Å²) in [5.74, 6) is -0.538. The number of aliphatic hydroxyl groups excluding tert-OH is 1. The number of aliphatic hydroxyl groups is 1. The van der Waals surface area contributed by atoms with Crippen LogP contribution in [-0.4, -0.2) is 42.1 Å². The first-order valence-corrected chi connectivity index (χ1v) is 6.66. The fourth-order valence-electron chi connectivity index (χ4n) is 1.80. The van der Waals surface area contributed by atoms with Crippen molar-refractivity contribution >= 4 is 11.9 Å². The molecule has 0 aliphatic rings. The molecule has 0 bridgehead atoms. The van der Waals surface area contributed by atoms with E-state index in [-0.39, 0.29) is 19.1 Å². The van der Waals surface area contributed by atoms with Crippen LogP contribution in [0.2, 0.25) is 0 Å². The predicted octanol–water partition coefficient (Wildman–Crippen LogP) is 1.35. The highest BCUT2D eigenvalue weighted by atomic mass is 16.5. The van der Waals surface area contributed by atoms with E-state index in [1.165, 1.54) is 12.0 Å². The molecule has 0 atom stereocenters. The highest BCUT2D eigenvalue weighted by Crippen LogP contribution is 2.08. The summed E-state index contributed by atoms with van der Waals surface area (Å²) in [6.07, 6.45) is 1.52. The number of nitrogens with zero attached hydrogens (tertiary/aromatic N) is 1. The van der Waals surface area contributed by atoms with Crippen molar-refractivity contribution < 1.29 is 19.4 Å². The van der Waals surface area contributed by atoms with E-state index in [9.17, 15) is 9.59 Å². The number of unbranched alkanes of at least 4 members (excludes halogenated alkanes) is 1. The van der Waals surface area contributed by atoms with E-state index in [2.05, 4.69) is 4.74 Å². The molecule has 0 heterocycles. The average molecular weight is 279 g/mol. The Morgan fingerprint density at radius 1 is 1.20 bits per heavy atom. The lowest BCUT2D eigenvalue weighted by Gasteiger charge is -2.21. The van der Waals surface area contributed by atoms with Gasteiger partial charge in [0.2, 0.25) is 5.91 Å². The zero-order chi connectivity index (χ0) is 14.8. The fourth-order valence-corrected chi connectivity index (χ4v) is 1.80. The molecule has 0 aliphatic heterocycles. The van der Waals surface area contributed by atoms with Crippen molar-refractivity contribution in [2.75, 3.05) is 20.3 Å². The van der Waals surface area contributed by atoms with Crippen LogP contribution in [0, 0.1) is 0 Å². The van der Waals surface area contributed by atoms with Gasteiger partial charge in [0.15, 0.2) is 0 Å². The summed E-state index contributed by atoms with van der Waals surface area (Å²) in [5, 5.41) is 8.74. The molecule has 1 aromatic carbocycles. The van der Waals surface area contributed by atoms with E-state index >= 15 is 0 Å². The maximum absolute atomic E-state index is 12.1. The van der Waals surface area contributed by atoms with Crippen molar-refractivity contribution in [2.45, 2.75) is 25.8 Å². The number of hydrogen-bond donors (Lipinski definition) is 1. The molecule has 0 saturated heterocycles. The molecule has 0 saturated carbocycles. The van der Waals surface area contributed by atoms with Gasteiger partial charge in [-0.15, -0.1) is 0 Å². The molecular formula is C15H21NO4. The number of esters is 1. The Morgan fingerprint density at radius 2 is 1.90 bits per heavy atom. The third kappa shape index (κ3) is 5.84. The summed E-state index contributed by atoms with van der Waals surface area (Å²) in [6.45, 7) is 0.403. The topological polar surface area (TPSA) is 66.8 Å². The van der Waals surface area contributed by atoms with Crippen LogP contribution in [0.15, 0.2) is 30.3 Å². The van der Waals surface area contributed by atoms with Crippen molar-refractivity contribution in [1.29, 1.82) is 0 Å². The van der Waals surface area contributed by atoms with Gasteiger partial charge in [-0.2, -0.15) is 0 Å². The average Bonchev–Trinajstić information content (AvgIpc) is 2.47. The molecule has 20 heavy (non-hydrogen) atoms. The molecule has 5 heteroatoms. The SMILES string of the molecule is COC(=O)CN(Cc1ccccc1)C(=O)CCCCO. The van der Waals surface area contributed by atoms with Gasteiger partial charge in [-0.25, -0.2) is 0 Å². The molecule has 0 aliphatic carbocycles. The summed E-state index contributed by atoms with van der Waals surface area (Å²) >= 11 is 0. The Morgan fingerprint density at radius 3 is 2.50 bits per heavy atom. The number of rotatable bonds is 8. The summed E-state index contributed by atoms with van der Waals surface area (Å²) in [6, 6.07) is 9.50. The van der Waals surface area contributed by atoms with Gasteiger partial charge in [-0.05, 0) is 18.4 Å². The minimum Gasteiger partial charge on any atom is -0.468 e. The first-order chi connectivity index (χ1) is 9.67. The monoisotopic (exact) mass is 279 g/mol. The predicted molar refractivity (Wildman–Crippen MR) is 74.8 cm³/mol. The Labute approximate surface area is 119 Å². The van der Waals surface area contributed by atoms with E-state index < -0.39 is 5.97 Å². The van der Waals surface area contributed by atoms with Crippen molar-refractivity contribution in [3.8, 4) is 0 Å². The molecule has 0 radical (unpaired) electrons. The maximum atomic E-state index is 12.1. The number of benzene rings is 1. The van der Waals surface area contributed by atoms with Gasteiger partial charge in [0.25, 0.3) is 0 Å². The minimum absolute atomic E-state index is 0.0522. The second kappa shape index (κ2) is 9.09. The first kappa shape index (κ1) is 16.2. The van der Waals surface area contributed by atoms with E-state index in [1.54, 1.807) is 0 Å². The normalized spacial score (nSPS) is 10.1. The van der Waals surface area contributed by atoms with Crippen molar-refractivity contribution in [3.05, 3.63) is 35.9 Å². The van der Waals surface area contributed by atoms with Crippen LogP contribution < -0.4 is 0 Å². The van der Waals surface area contributed by atoms with Crippen molar-refractivity contribution in [3.63, 3.8) is 0 Å². The molecule has 1 aromatic rings. The number of carbonyl (C=O) groups excluding carboxylic acids is 2. The molecule has 0 fully saturated rings. The van der Waals surface area contributed by atoms with E-state index in [0.29, 0.717) is 25.8 Å². The summed E-state index contributed by atoms with van der Waals surface area (Å²) in [7, 11) is 1.30. The van der Waals surface area contributed by atoms with Gasteiger partial charge < -0.3 is 14.7 Å².